The van der Waals surface area contributed by atoms with Crippen LogP contribution in [0.3, 0.4) is 0 Å². The lowest BCUT2D eigenvalue weighted by molar-refractivity contribution is -0.140. The zero-order chi connectivity index (χ0) is 22.0. The summed E-state index contributed by atoms with van der Waals surface area (Å²) in [6.07, 6.45) is 6.40. The number of rotatable bonds is 4. The van der Waals surface area contributed by atoms with Crippen LogP contribution in [0.1, 0.15) is 36.0 Å². The maximum Gasteiger partial charge on any atom is 0.329 e. The summed E-state index contributed by atoms with van der Waals surface area (Å²) in [5, 5.41) is 15.9. The molecule has 3 aromatic rings. The van der Waals surface area contributed by atoms with E-state index in [1.807, 2.05) is 6.07 Å². The minimum absolute atomic E-state index is 0.304. The smallest absolute Gasteiger partial charge is 0.329 e. The summed E-state index contributed by atoms with van der Waals surface area (Å²) < 4.78 is 25.4. The summed E-state index contributed by atoms with van der Waals surface area (Å²) in [5.74, 6) is -1.43. The molecule has 1 aliphatic carbocycles. The second-order valence-electron chi connectivity index (χ2n) is 7.58. The predicted molar refractivity (Wildman–Crippen MR) is 108 cm³/mol. The number of anilines is 1. The van der Waals surface area contributed by atoms with Crippen molar-refractivity contribution in [3.05, 3.63) is 59.9 Å². The standard InChI is InChI=1S/C15H17N5O3.C6H4F2/c21-13(18-15(4-5-15)14(22)23)10-9-16-20-8-3-11(17-12(10)20)19-6-1-2-7-19;7-5-1-2-6(8)4-3-5/h3,8-9H,1-2,4-7H2,(H,18,21)(H,22,23);1-4H. The Balaban J connectivity index is 0.000000245. The number of carboxylic acid groups (broad SMARTS) is 1. The maximum absolute atomic E-state index is 12.4. The van der Waals surface area contributed by atoms with Gasteiger partial charge in [0, 0.05) is 19.3 Å². The van der Waals surface area contributed by atoms with Crippen LogP contribution in [-0.4, -0.2) is 50.2 Å². The van der Waals surface area contributed by atoms with E-state index in [0.29, 0.717) is 24.1 Å². The van der Waals surface area contributed by atoms with Gasteiger partial charge in [-0.15, -0.1) is 0 Å². The zero-order valence-electron chi connectivity index (χ0n) is 16.6. The predicted octanol–water partition coefficient (Wildman–Crippen LogP) is 2.64. The first-order chi connectivity index (χ1) is 14.9. The summed E-state index contributed by atoms with van der Waals surface area (Å²) in [6, 6.07) is 6.20. The lowest BCUT2D eigenvalue weighted by atomic mass is 10.2. The van der Waals surface area contributed by atoms with Crippen LogP contribution in [0.2, 0.25) is 0 Å². The Bertz CT molecular complexity index is 1080. The normalized spacial score (nSPS) is 16.5. The Morgan fingerprint density at radius 2 is 1.65 bits per heavy atom. The summed E-state index contributed by atoms with van der Waals surface area (Å²) in [6.45, 7) is 1.92. The number of nitrogens with one attached hydrogen (secondary N) is 1. The number of fused-ring (bicyclic) bond motifs is 1. The molecule has 10 heteroatoms. The van der Waals surface area contributed by atoms with Crippen molar-refractivity contribution in [3.8, 4) is 0 Å². The molecule has 8 nitrogen and oxygen atoms in total. The molecule has 2 N–H and O–H groups in total. The highest BCUT2D eigenvalue weighted by atomic mass is 19.1. The third kappa shape index (κ3) is 4.47. The summed E-state index contributed by atoms with van der Waals surface area (Å²) in [4.78, 5) is 30.4. The Hall–Kier alpha value is -3.56. The first kappa shape index (κ1) is 20.7. The van der Waals surface area contributed by atoms with Gasteiger partial charge in [-0.3, -0.25) is 4.79 Å². The van der Waals surface area contributed by atoms with Crippen LogP contribution in [0.15, 0.2) is 42.7 Å². The molecule has 1 saturated carbocycles. The van der Waals surface area contributed by atoms with Gasteiger partial charge in [0.25, 0.3) is 5.91 Å². The quantitative estimate of drug-likeness (QED) is 0.662. The van der Waals surface area contributed by atoms with Gasteiger partial charge in [0.05, 0.1) is 6.20 Å². The Kier molecular flexibility index (Phi) is 5.53. The van der Waals surface area contributed by atoms with Gasteiger partial charge < -0.3 is 15.3 Å². The first-order valence-electron chi connectivity index (χ1n) is 9.94. The molecule has 1 aliphatic heterocycles. The molecule has 0 unspecified atom stereocenters. The van der Waals surface area contributed by atoms with Gasteiger partial charge in [-0.1, -0.05) is 0 Å². The molecule has 2 aromatic heterocycles. The van der Waals surface area contributed by atoms with Gasteiger partial charge in [0.2, 0.25) is 0 Å². The second kappa shape index (κ2) is 8.29. The number of nitrogens with zero attached hydrogens (tertiary/aromatic N) is 4. The van der Waals surface area contributed by atoms with E-state index < -0.39 is 29.0 Å². The fourth-order valence-electron chi connectivity index (χ4n) is 3.37. The fourth-order valence-corrected chi connectivity index (χ4v) is 3.37. The van der Waals surface area contributed by atoms with E-state index in [2.05, 4.69) is 20.3 Å². The monoisotopic (exact) mass is 429 g/mol. The molecule has 0 radical (unpaired) electrons. The van der Waals surface area contributed by atoms with Crippen LogP contribution >= 0.6 is 0 Å². The number of carboxylic acids is 1. The van der Waals surface area contributed by atoms with E-state index in [1.54, 1.807) is 6.20 Å². The van der Waals surface area contributed by atoms with Gasteiger partial charge >= 0.3 is 5.97 Å². The minimum Gasteiger partial charge on any atom is -0.480 e. The first-order valence-corrected chi connectivity index (χ1v) is 9.94. The molecule has 5 rings (SSSR count). The number of carbonyl (C=O) groups excluding carboxylic acids is 1. The molecule has 3 heterocycles. The molecule has 1 amide bonds. The van der Waals surface area contributed by atoms with Gasteiger partial charge in [-0.05, 0) is 56.0 Å². The molecule has 0 atom stereocenters. The maximum atomic E-state index is 12.4. The second-order valence-corrected chi connectivity index (χ2v) is 7.58. The van der Waals surface area contributed by atoms with Crippen LogP contribution < -0.4 is 10.2 Å². The van der Waals surface area contributed by atoms with Crippen molar-refractivity contribution in [2.45, 2.75) is 31.2 Å². The molecular formula is C21H21F2N5O3. The van der Waals surface area contributed by atoms with E-state index in [4.69, 9.17) is 0 Å². The number of aromatic nitrogens is 3. The Morgan fingerprint density at radius 3 is 2.19 bits per heavy atom. The summed E-state index contributed by atoms with van der Waals surface area (Å²) >= 11 is 0. The topological polar surface area (TPSA) is 99.8 Å². The molecule has 2 fully saturated rings. The van der Waals surface area contributed by atoms with Crippen LogP contribution in [-0.2, 0) is 4.79 Å². The summed E-state index contributed by atoms with van der Waals surface area (Å²) in [7, 11) is 0. The third-order valence-corrected chi connectivity index (χ3v) is 5.34. The van der Waals surface area contributed by atoms with Crippen molar-refractivity contribution in [1.29, 1.82) is 0 Å². The van der Waals surface area contributed by atoms with E-state index >= 15 is 0 Å². The molecule has 31 heavy (non-hydrogen) atoms. The van der Waals surface area contributed by atoms with E-state index in [1.165, 1.54) is 10.7 Å². The van der Waals surface area contributed by atoms with Crippen LogP contribution in [0.5, 0.6) is 0 Å². The number of hydrogen-bond acceptors (Lipinski definition) is 5. The number of benzene rings is 1. The average molecular weight is 429 g/mol. The molecule has 1 saturated heterocycles. The Morgan fingerprint density at radius 1 is 1.03 bits per heavy atom. The fraction of sp³-hybridized carbons (Fsp3) is 0.333. The van der Waals surface area contributed by atoms with Crippen molar-refractivity contribution in [2.75, 3.05) is 18.0 Å². The van der Waals surface area contributed by atoms with Crippen LogP contribution in [0, 0.1) is 11.6 Å². The third-order valence-electron chi connectivity index (χ3n) is 5.34. The van der Waals surface area contributed by atoms with Crippen LogP contribution in [0.4, 0.5) is 14.6 Å². The number of carbonyl (C=O) groups is 2. The summed E-state index contributed by atoms with van der Waals surface area (Å²) in [5.41, 5.74) is -0.357. The zero-order valence-corrected chi connectivity index (χ0v) is 16.6. The number of aliphatic carboxylic acids is 1. The van der Waals surface area contributed by atoms with Crippen molar-refractivity contribution in [3.63, 3.8) is 0 Å². The van der Waals surface area contributed by atoms with Crippen molar-refractivity contribution >= 4 is 23.3 Å². The van der Waals surface area contributed by atoms with Crippen molar-refractivity contribution in [2.24, 2.45) is 0 Å². The van der Waals surface area contributed by atoms with Crippen molar-refractivity contribution < 1.29 is 23.5 Å². The number of halogens is 2. The molecule has 162 valence electrons. The van der Waals surface area contributed by atoms with E-state index in [0.717, 1.165) is 56.0 Å². The lowest BCUT2D eigenvalue weighted by Crippen LogP contribution is -2.43. The Labute approximate surface area is 176 Å². The molecular weight excluding hydrogens is 408 g/mol. The molecule has 1 aromatic carbocycles. The SMILES string of the molecule is Fc1ccc(F)cc1.O=C(NC1(C(=O)O)CC1)c1cnn2ccc(N3CCCC3)nc12. The molecule has 2 aliphatic rings. The number of amides is 1. The molecule has 0 spiro atoms. The minimum atomic E-state index is -1.11. The number of hydrogen-bond donors (Lipinski definition) is 2. The van der Waals surface area contributed by atoms with Crippen LogP contribution in [0.25, 0.3) is 5.65 Å². The lowest BCUT2D eigenvalue weighted by Gasteiger charge is -2.16. The van der Waals surface area contributed by atoms with Gasteiger partial charge in [0.1, 0.15) is 28.6 Å². The highest BCUT2D eigenvalue weighted by Gasteiger charge is 2.52. The highest BCUT2D eigenvalue weighted by Crippen LogP contribution is 2.36. The largest absolute Gasteiger partial charge is 0.480 e. The van der Waals surface area contributed by atoms with E-state index in [9.17, 15) is 23.5 Å². The van der Waals surface area contributed by atoms with Gasteiger partial charge in [0.15, 0.2) is 5.65 Å². The van der Waals surface area contributed by atoms with E-state index in [-0.39, 0.29) is 0 Å². The van der Waals surface area contributed by atoms with Crippen molar-refractivity contribution in [1.82, 2.24) is 19.9 Å². The average Bonchev–Trinajstić information content (AvgIpc) is 3.17. The van der Waals surface area contributed by atoms with Gasteiger partial charge in [-0.2, -0.15) is 5.10 Å². The van der Waals surface area contributed by atoms with Gasteiger partial charge in [-0.25, -0.2) is 23.1 Å². The highest BCUT2D eigenvalue weighted by molar-refractivity contribution is 6.03. The molecule has 0 bridgehead atoms.